The summed E-state index contributed by atoms with van der Waals surface area (Å²) in [6, 6.07) is -0.0366. The highest BCUT2D eigenvalue weighted by atomic mass is 16.5. The fraction of sp³-hybridized carbons (Fsp3) is 0.773. The minimum absolute atomic E-state index is 0.0321. The molecule has 5 rings (SSSR count). The van der Waals surface area contributed by atoms with Crippen molar-refractivity contribution >= 4 is 12.0 Å². The first kappa shape index (κ1) is 20.2. The molecule has 0 aromatic carbocycles. The summed E-state index contributed by atoms with van der Waals surface area (Å²) in [6.45, 7) is 5.18. The Bertz CT molecular complexity index is 722. The van der Waals surface area contributed by atoms with E-state index in [1.807, 2.05) is 0 Å². The summed E-state index contributed by atoms with van der Waals surface area (Å²) in [5.41, 5.74) is 0.100. The summed E-state index contributed by atoms with van der Waals surface area (Å²) in [5, 5.41) is 3.44. The van der Waals surface area contributed by atoms with E-state index >= 15 is 0 Å². The number of hydrogen-bond donors (Lipinski definition) is 1. The van der Waals surface area contributed by atoms with E-state index in [9.17, 15) is 9.59 Å². The average Bonchev–Trinajstić information content (AvgIpc) is 3.11. The van der Waals surface area contributed by atoms with E-state index < -0.39 is 5.97 Å². The van der Waals surface area contributed by atoms with Crippen LogP contribution in [0.25, 0.3) is 0 Å². The van der Waals surface area contributed by atoms with Crippen LogP contribution in [0.1, 0.15) is 75.2 Å². The van der Waals surface area contributed by atoms with Crippen LogP contribution in [-0.2, 0) is 11.3 Å². The number of ether oxygens (including phenoxy) is 1. The van der Waals surface area contributed by atoms with Gasteiger partial charge in [-0.15, -0.1) is 0 Å². The number of carbonyl (C=O) groups is 2. The van der Waals surface area contributed by atoms with E-state index in [0.29, 0.717) is 18.4 Å². The topological polar surface area (TPSA) is 84.7 Å². The normalized spacial score (nSPS) is 29.9. The highest BCUT2D eigenvalue weighted by Gasteiger charge is 2.51. The van der Waals surface area contributed by atoms with Crippen molar-refractivity contribution in [1.29, 1.82) is 0 Å². The number of nitrogens with zero attached hydrogens (tertiary/aromatic N) is 2. The first-order valence-corrected chi connectivity index (χ1v) is 11.0. The van der Waals surface area contributed by atoms with Gasteiger partial charge >= 0.3 is 12.0 Å². The lowest BCUT2D eigenvalue weighted by atomic mass is 9.53. The fourth-order valence-corrected chi connectivity index (χ4v) is 5.98. The highest BCUT2D eigenvalue weighted by Crippen LogP contribution is 2.55. The Morgan fingerprint density at radius 1 is 1.24 bits per heavy atom. The molecule has 1 N–H and O–H groups in total. The Labute approximate surface area is 172 Å². The molecule has 7 heteroatoms. The fourth-order valence-electron chi connectivity index (χ4n) is 5.98. The standard InChI is InChI=1S/C22H33N3O4/c1-14(2)4-5-25(12-19-23-18(13-29-19)20(26)28-3)21(27)24-22-9-15-6-16(10-22)8-17(7-15)11-22/h13-17H,4-12H2,1-3H3,(H,24,27). The van der Waals surface area contributed by atoms with Crippen LogP contribution < -0.4 is 5.32 Å². The molecular formula is C22H33N3O4. The zero-order valence-electron chi connectivity index (χ0n) is 17.8. The maximum atomic E-state index is 13.3. The Hall–Kier alpha value is -2.05. The molecule has 4 saturated carbocycles. The number of hydrogen-bond acceptors (Lipinski definition) is 5. The maximum Gasteiger partial charge on any atom is 0.360 e. The summed E-state index contributed by atoms with van der Waals surface area (Å²) in [6.07, 6.45) is 9.59. The molecule has 1 aromatic rings. The lowest BCUT2D eigenvalue weighted by Crippen LogP contribution is -2.61. The Morgan fingerprint density at radius 3 is 2.41 bits per heavy atom. The van der Waals surface area contributed by atoms with Crippen LogP contribution in [-0.4, -0.2) is 41.1 Å². The molecule has 0 saturated heterocycles. The molecule has 0 aliphatic heterocycles. The van der Waals surface area contributed by atoms with Crippen molar-refractivity contribution in [2.24, 2.45) is 23.7 Å². The van der Waals surface area contributed by atoms with Gasteiger partial charge in [-0.1, -0.05) is 13.8 Å². The van der Waals surface area contributed by atoms with Gasteiger partial charge in [0.25, 0.3) is 0 Å². The summed E-state index contributed by atoms with van der Waals surface area (Å²) in [7, 11) is 1.31. The summed E-state index contributed by atoms with van der Waals surface area (Å²) in [5.74, 6) is 2.64. The summed E-state index contributed by atoms with van der Waals surface area (Å²) in [4.78, 5) is 30.9. The average molecular weight is 404 g/mol. The number of methoxy groups -OCH3 is 1. The molecule has 2 amide bonds. The van der Waals surface area contributed by atoms with Crippen LogP contribution in [0.3, 0.4) is 0 Å². The predicted octanol–water partition coefficient (Wildman–Crippen LogP) is 3.99. The SMILES string of the molecule is COC(=O)c1coc(CN(CCC(C)C)C(=O)NC23CC4CC(CC(C4)C2)C3)n1. The van der Waals surface area contributed by atoms with Gasteiger partial charge in [-0.2, -0.15) is 0 Å². The van der Waals surface area contributed by atoms with Gasteiger partial charge in [0.2, 0.25) is 5.89 Å². The van der Waals surface area contributed by atoms with Gasteiger partial charge < -0.3 is 19.4 Å². The maximum absolute atomic E-state index is 13.3. The van der Waals surface area contributed by atoms with E-state index in [1.54, 1.807) is 4.90 Å². The number of esters is 1. The molecule has 1 heterocycles. The van der Waals surface area contributed by atoms with Crippen molar-refractivity contribution in [1.82, 2.24) is 15.2 Å². The van der Waals surface area contributed by atoms with Gasteiger partial charge in [0.1, 0.15) is 6.26 Å². The van der Waals surface area contributed by atoms with Crippen LogP contribution in [0, 0.1) is 23.7 Å². The van der Waals surface area contributed by atoms with Gasteiger partial charge in [0, 0.05) is 12.1 Å². The molecule has 4 bridgehead atoms. The predicted molar refractivity (Wildman–Crippen MR) is 107 cm³/mol. The molecule has 0 radical (unpaired) electrons. The van der Waals surface area contributed by atoms with Crippen LogP contribution in [0.15, 0.2) is 10.7 Å². The number of aromatic nitrogens is 1. The molecule has 29 heavy (non-hydrogen) atoms. The first-order chi connectivity index (χ1) is 13.9. The van der Waals surface area contributed by atoms with E-state index in [-0.39, 0.29) is 23.8 Å². The first-order valence-electron chi connectivity index (χ1n) is 11.0. The number of rotatable bonds is 7. The summed E-state index contributed by atoms with van der Waals surface area (Å²) >= 11 is 0. The lowest BCUT2D eigenvalue weighted by Gasteiger charge is -2.57. The van der Waals surface area contributed by atoms with Gasteiger partial charge in [-0.05, 0) is 68.6 Å². The van der Waals surface area contributed by atoms with Crippen molar-refractivity contribution < 1.29 is 18.7 Å². The molecule has 4 aliphatic rings. The highest BCUT2D eigenvalue weighted by molar-refractivity contribution is 5.86. The zero-order chi connectivity index (χ0) is 20.6. The van der Waals surface area contributed by atoms with Crippen LogP contribution >= 0.6 is 0 Å². The zero-order valence-corrected chi connectivity index (χ0v) is 17.8. The Kier molecular flexibility index (Phi) is 5.58. The molecule has 0 unspecified atom stereocenters. The van der Waals surface area contributed by atoms with Gasteiger partial charge in [0.15, 0.2) is 5.69 Å². The summed E-state index contributed by atoms with van der Waals surface area (Å²) < 4.78 is 10.1. The van der Waals surface area contributed by atoms with Gasteiger partial charge in [-0.3, -0.25) is 0 Å². The molecule has 7 nitrogen and oxygen atoms in total. The lowest BCUT2D eigenvalue weighted by molar-refractivity contribution is -0.0160. The number of oxazole rings is 1. The van der Waals surface area contributed by atoms with Crippen LogP contribution in [0.2, 0.25) is 0 Å². The van der Waals surface area contributed by atoms with Crippen LogP contribution in [0.5, 0.6) is 0 Å². The van der Waals surface area contributed by atoms with Crippen molar-refractivity contribution in [2.45, 2.75) is 70.9 Å². The van der Waals surface area contributed by atoms with E-state index in [1.165, 1.54) is 32.6 Å². The number of nitrogens with one attached hydrogen (secondary N) is 1. The number of amides is 2. The second-order valence-electron chi connectivity index (χ2n) is 9.85. The minimum atomic E-state index is -0.535. The molecule has 0 spiro atoms. The van der Waals surface area contributed by atoms with Gasteiger partial charge in [-0.25, -0.2) is 14.6 Å². The van der Waals surface area contributed by atoms with E-state index in [0.717, 1.165) is 43.4 Å². The van der Waals surface area contributed by atoms with Crippen molar-refractivity contribution in [3.63, 3.8) is 0 Å². The smallest absolute Gasteiger partial charge is 0.360 e. The third-order valence-corrected chi connectivity index (χ3v) is 6.95. The molecule has 1 aromatic heterocycles. The third kappa shape index (κ3) is 4.43. The van der Waals surface area contributed by atoms with E-state index in [2.05, 4.69) is 28.9 Å². The largest absolute Gasteiger partial charge is 0.464 e. The molecular weight excluding hydrogens is 370 g/mol. The second kappa shape index (κ2) is 8.00. The third-order valence-electron chi connectivity index (χ3n) is 6.95. The Morgan fingerprint density at radius 2 is 1.86 bits per heavy atom. The number of urea groups is 1. The molecule has 0 atom stereocenters. The molecule has 4 aliphatic carbocycles. The van der Waals surface area contributed by atoms with Crippen LogP contribution in [0.4, 0.5) is 4.79 Å². The second-order valence-corrected chi connectivity index (χ2v) is 9.85. The molecule has 4 fully saturated rings. The van der Waals surface area contributed by atoms with E-state index in [4.69, 9.17) is 4.42 Å². The van der Waals surface area contributed by atoms with Crippen molar-refractivity contribution in [3.8, 4) is 0 Å². The Balaban J connectivity index is 1.45. The minimum Gasteiger partial charge on any atom is -0.464 e. The van der Waals surface area contributed by atoms with Crippen molar-refractivity contribution in [3.05, 3.63) is 17.8 Å². The monoisotopic (exact) mass is 403 g/mol. The van der Waals surface area contributed by atoms with Crippen molar-refractivity contribution in [2.75, 3.05) is 13.7 Å². The molecule has 160 valence electrons. The quantitative estimate of drug-likeness (QED) is 0.696. The number of carbonyl (C=O) groups excluding carboxylic acids is 2. The van der Waals surface area contributed by atoms with Gasteiger partial charge in [0.05, 0.1) is 13.7 Å².